The zero-order chi connectivity index (χ0) is 16.8. The van der Waals surface area contributed by atoms with Crippen LogP contribution < -0.4 is 14.5 Å². The highest BCUT2D eigenvalue weighted by molar-refractivity contribution is 7.99. The zero-order valence-electron chi connectivity index (χ0n) is 13.7. The van der Waals surface area contributed by atoms with Crippen LogP contribution in [0, 0.1) is 0 Å². The van der Waals surface area contributed by atoms with Gasteiger partial charge in [0.25, 0.3) is 0 Å². The summed E-state index contributed by atoms with van der Waals surface area (Å²) in [4.78, 5) is 14.1. The molecule has 24 heavy (non-hydrogen) atoms. The predicted molar refractivity (Wildman–Crippen MR) is 101 cm³/mol. The van der Waals surface area contributed by atoms with Gasteiger partial charge in [-0.3, -0.25) is 10.6 Å². The van der Waals surface area contributed by atoms with E-state index in [1.807, 2.05) is 66.9 Å². The number of carbonyl (C=O) groups is 1. The Hall–Kier alpha value is -2.08. The highest BCUT2D eigenvalue weighted by Crippen LogP contribution is 2.44. The molecule has 0 bridgehead atoms. The number of benzene rings is 2. The van der Waals surface area contributed by atoms with Crippen molar-refractivity contribution in [3.05, 3.63) is 66.4 Å². The highest BCUT2D eigenvalue weighted by atomic mass is 32.2. The smallest absolute Gasteiger partial charge is 0.300 e. The minimum Gasteiger partial charge on any atom is -0.300 e. The molecule has 1 aliphatic heterocycles. The molecule has 1 aliphatic rings. The number of rotatable bonds is 6. The van der Waals surface area contributed by atoms with E-state index in [1.54, 1.807) is 0 Å². The predicted octanol–water partition coefficient (Wildman–Crippen LogP) is 4.35. The van der Waals surface area contributed by atoms with Crippen LogP contribution in [-0.4, -0.2) is 19.2 Å². The summed E-state index contributed by atoms with van der Waals surface area (Å²) in [7, 11) is 0. The molecular formula is C19H22N3OS+. The summed E-state index contributed by atoms with van der Waals surface area (Å²) in [5.74, 6) is 0. The molecule has 4 nitrogen and oxygen atoms in total. The molecule has 1 heterocycles. The summed E-state index contributed by atoms with van der Waals surface area (Å²) in [5, 5.41) is 6.23. The van der Waals surface area contributed by atoms with Gasteiger partial charge in [-0.1, -0.05) is 37.3 Å². The SMILES string of the molecule is CCCNCNC(=O)[N@+]1(Sc2ccccc2)C=Cc2ccccc21. The second-order valence-corrected chi connectivity index (χ2v) is 6.83. The van der Waals surface area contributed by atoms with E-state index in [4.69, 9.17) is 0 Å². The number of hydrogen-bond donors (Lipinski definition) is 2. The Kier molecular flexibility index (Phi) is 5.35. The van der Waals surface area contributed by atoms with Gasteiger partial charge in [0.2, 0.25) is 0 Å². The summed E-state index contributed by atoms with van der Waals surface area (Å²) in [6.07, 6.45) is 5.01. The molecule has 2 aromatic rings. The van der Waals surface area contributed by atoms with Crippen LogP contribution in [0.25, 0.3) is 6.08 Å². The van der Waals surface area contributed by atoms with E-state index in [2.05, 4.69) is 17.6 Å². The lowest BCUT2D eigenvalue weighted by Crippen LogP contribution is -2.50. The van der Waals surface area contributed by atoms with Crippen LogP contribution in [0.4, 0.5) is 10.5 Å². The van der Waals surface area contributed by atoms with Gasteiger partial charge in [0.05, 0.1) is 11.6 Å². The van der Waals surface area contributed by atoms with Crippen LogP contribution in [0.1, 0.15) is 18.9 Å². The van der Waals surface area contributed by atoms with E-state index in [0.717, 1.165) is 29.1 Å². The Bertz CT molecular complexity index is 732. The van der Waals surface area contributed by atoms with Crippen LogP contribution in [-0.2, 0) is 0 Å². The molecule has 0 aliphatic carbocycles. The number of carbonyl (C=O) groups excluding carboxylic acids is 1. The Balaban J connectivity index is 1.88. The molecule has 3 rings (SSSR count). The van der Waals surface area contributed by atoms with Crippen molar-refractivity contribution >= 4 is 29.7 Å². The normalized spacial score (nSPS) is 18.4. The Morgan fingerprint density at radius 2 is 1.83 bits per heavy atom. The minimum atomic E-state index is -0.0475. The fourth-order valence-corrected chi connectivity index (χ4v) is 3.81. The minimum absolute atomic E-state index is 0.0475. The molecule has 2 amide bonds. The number of para-hydroxylation sites is 1. The first-order valence-electron chi connectivity index (χ1n) is 8.17. The number of hydrogen-bond acceptors (Lipinski definition) is 3. The first-order valence-corrected chi connectivity index (χ1v) is 8.95. The lowest BCUT2D eigenvalue weighted by molar-refractivity contribution is 0.233. The second-order valence-electron chi connectivity index (χ2n) is 5.60. The Morgan fingerprint density at radius 3 is 2.62 bits per heavy atom. The summed E-state index contributed by atoms with van der Waals surface area (Å²) in [5.41, 5.74) is 2.07. The molecular weight excluding hydrogens is 318 g/mol. The van der Waals surface area contributed by atoms with Gasteiger partial charge in [-0.25, -0.2) is 4.79 Å². The van der Waals surface area contributed by atoms with Crippen molar-refractivity contribution < 1.29 is 4.79 Å². The molecule has 1 atom stereocenters. The van der Waals surface area contributed by atoms with Gasteiger partial charge in [0, 0.05) is 17.7 Å². The van der Waals surface area contributed by atoms with Crippen LogP contribution in [0.3, 0.4) is 0 Å². The Morgan fingerprint density at radius 1 is 1.08 bits per heavy atom. The molecule has 0 aromatic heterocycles. The lowest BCUT2D eigenvalue weighted by Gasteiger charge is -2.26. The van der Waals surface area contributed by atoms with Crippen LogP contribution in [0.2, 0.25) is 0 Å². The number of fused-ring (bicyclic) bond motifs is 1. The van der Waals surface area contributed by atoms with Gasteiger partial charge in [-0.05, 0) is 31.2 Å². The van der Waals surface area contributed by atoms with Gasteiger partial charge >= 0.3 is 6.03 Å². The zero-order valence-corrected chi connectivity index (χ0v) is 14.6. The second kappa shape index (κ2) is 7.66. The number of quaternary nitrogens is 1. The van der Waals surface area contributed by atoms with E-state index in [0.29, 0.717) is 6.67 Å². The molecule has 2 aromatic carbocycles. The summed E-state index contributed by atoms with van der Waals surface area (Å²) in [6.45, 7) is 3.46. The van der Waals surface area contributed by atoms with E-state index in [1.165, 1.54) is 11.9 Å². The molecule has 0 spiro atoms. The van der Waals surface area contributed by atoms with Crippen LogP contribution >= 0.6 is 11.9 Å². The third-order valence-electron chi connectivity index (χ3n) is 3.84. The quantitative estimate of drug-likeness (QED) is 0.355. The third-order valence-corrected chi connectivity index (χ3v) is 5.10. The van der Waals surface area contributed by atoms with Gasteiger partial charge in [0.1, 0.15) is 18.1 Å². The average molecular weight is 340 g/mol. The average Bonchev–Trinajstić information content (AvgIpc) is 2.99. The monoisotopic (exact) mass is 340 g/mol. The van der Waals surface area contributed by atoms with E-state index in [9.17, 15) is 4.79 Å². The van der Waals surface area contributed by atoms with Gasteiger partial charge in [-0.2, -0.15) is 0 Å². The van der Waals surface area contributed by atoms with Crippen molar-refractivity contribution in [2.45, 2.75) is 18.2 Å². The number of urea groups is 1. The summed E-state index contributed by atoms with van der Waals surface area (Å²) in [6, 6.07) is 18.0. The Labute approximate surface area is 147 Å². The third kappa shape index (κ3) is 3.38. The maximum Gasteiger partial charge on any atom is 0.439 e. The molecule has 0 saturated heterocycles. The van der Waals surface area contributed by atoms with Crippen molar-refractivity contribution in [2.75, 3.05) is 13.2 Å². The van der Waals surface area contributed by atoms with Gasteiger partial charge in [0.15, 0.2) is 5.69 Å². The topological polar surface area (TPSA) is 41.1 Å². The lowest BCUT2D eigenvalue weighted by atomic mass is 10.2. The number of nitrogens with zero attached hydrogens (tertiary/aromatic N) is 1. The van der Waals surface area contributed by atoms with Crippen molar-refractivity contribution in [1.82, 2.24) is 14.5 Å². The van der Waals surface area contributed by atoms with Crippen molar-refractivity contribution in [1.29, 1.82) is 0 Å². The van der Waals surface area contributed by atoms with Crippen LogP contribution in [0.5, 0.6) is 0 Å². The standard InChI is InChI=1S/C19H21N3OS/c1-2-13-20-15-21-19(23)22(24-17-9-4-3-5-10-17)14-12-16-8-6-7-11-18(16)22/h3-12,14,20H,2,13,15H2,1H3/p+1/t22-/m0/s1. The molecule has 124 valence electrons. The molecule has 2 N–H and O–H groups in total. The van der Waals surface area contributed by atoms with Gasteiger partial charge in [-0.15, -0.1) is 3.89 Å². The molecule has 0 fully saturated rings. The van der Waals surface area contributed by atoms with E-state index < -0.39 is 0 Å². The van der Waals surface area contributed by atoms with E-state index >= 15 is 0 Å². The van der Waals surface area contributed by atoms with Crippen molar-refractivity contribution in [3.8, 4) is 0 Å². The maximum absolute atomic E-state index is 13.0. The van der Waals surface area contributed by atoms with Crippen molar-refractivity contribution in [2.24, 2.45) is 0 Å². The largest absolute Gasteiger partial charge is 0.439 e. The first kappa shape index (κ1) is 16.8. The fraction of sp³-hybridized carbons (Fsp3) is 0.211. The summed E-state index contributed by atoms with van der Waals surface area (Å²) < 4.78 is 0.0913. The molecule has 0 saturated carbocycles. The molecule has 0 unspecified atom stereocenters. The number of amides is 2. The molecule has 0 radical (unpaired) electrons. The van der Waals surface area contributed by atoms with Gasteiger partial charge < -0.3 is 0 Å². The highest BCUT2D eigenvalue weighted by Gasteiger charge is 2.44. The number of nitrogens with one attached hydrogen (secondary N) is 2. The fourth-order valence-electron chi connectivity index (χ4n) is 2.66. The summed E-state index contributed by atoms with van der Waals surface area (Å²) >= 11 is 1.52. The van der Waals surface area contributed by atoms with Crippen LogP contribution in [0.15, 0.2) is 65.7 Å². The van der Waals surface area contributed by atoms with E-state index in [-0.39, 0.29) is 9.92 Å². The first-order chi connectivity index (χ1) is 11.8. The maximum atomic E-state index is 13.0. The molecule has 5 heteroatoms. The van der Waals surface area contributed by atoms with Crippen molar-refractivity contribution in [3.63, 3.8) is 0 Å².